The molecule has 1 atom stereocenters. The number of carbonyl (C=O) groups is 1. The topological polar surface area (TPSA) is 43.1 Å². The average Bonchev–Trinajstić information content (AvgIpc) is 2.39. The summed E-state index contributed by atoms with van der Waals surface area (Å²) in [6.07, 6.45) is 5.39. The van der Waals surface area contributed by atoms with Gasteiger partial charge in [-0.3, -0.25) is 4.79 Å². The zero-order chi connectivity index (χ0) is 12.3. The van der Waals surface area contributed by atoms with Crippen molar-refractivity contribution < 1.29 is 4.79 Å². The lowest BCUT2D eigenvalue weighted by molar-refractivity contribution is -0.121. The third-order valence-electron chi connectivity index (χ3n) is 3.60. The number of hydrogen-bond acceptors (Lipinski definition) is 3. The summed E-state index contributed by atoms with van der Waals surface area (Å²) in [7, 11) is 0. The van der Waals surface area contributed by atoms with Crippen LogP contribution in [0.15, 0.2) is 29.2 Å². The number of nitrogens with two attached hydrogens (primary N) is 1. The summed E-state index contributed by atoms with van der Waals surface area (Å²) in [4.78, 5) is 12.5. The monoisotopic (exact) mass is 249 g/mol. The number of hydrogen-bond donors (Lipinski definition) is 1. The molecule has 92 valence electrons. The SMILES string of the molecule is CSc1ccc(C(N)C2CCC(=O)CC2)cc1. The van der Waals surface area contributed by atoms with E-state index in [0.717, 1.165) is 12.8 Å². The molecule has 3 heteroatoms. The van der Waals surface area contributed by atoms with Crippen LogP contribution < -0.4 is 5.73 Å². The summed E-state index contributed by atoms with van der Waals surface area (Å²) in [5, 5.41) is 0. The van der Waals surface area contributed by atoms with Crippen molar-refractivity contribution in [3.05, 3.63) is 29.8 Å². The Morgan fingerprint density at radius 2 is 1.82 bits per heavy atom. The van der Waals surface area contributed by atoms with Crippen LogP contribution in [-0.4, -0.2) is 12.0 Å². The lowest BCUT2D eigenvalue weighted by Crippen LogP contribution is -2.26. The van der Waals surface area contributed by atoms with Crippen LogP contribution in [0, 0.1) is 5.92 Å². The van der Waals surface area contributed by atoms with E-state index >= 15 is 0 Å². The maximum atomic E-state index is 11.2. The van der Waals surface area contributed by atoms with Crippen LogP contribution in [0.5, 0.6) is 0 Å². The minimum absolute atomic E-state index is 0.0824. The lowest BCUT2D eigenvalue weighted by atomic mass is 9.81. The van der Waals surface area contributed by atoms with Gasteiger partial charge in [0.05, 0.1) is 0 Å². The molecule has 2 nitrogen and oxygen atoms in total. The Morgan fingerprint density at radius 3 is 2.35 bits per heavy atom. The molecule has 0 aliphatic heterocycles. The van der Waals surface area contributed by atoms with Crippen molar-refractivity contribution >= 4 is 17.5 Å². The molecule has 0 aromatic heterocycles. The number of ketones is 1. The predicted octanol–water partition coefficient (Wildman–Crippen LogP) is 3.17. The largest absolute Gasteiger partial charge is 0.324 e. The summed E-state index contributed by atoms with van der Waals surface area (Å²) in [5.41, 5.74) is 7.49. The van der Waals surface area contributed by atoms with E-state index in [0.29, 0.717) is 24.5 Å². The maximum Gasteiger partial charge on any atom is 0.132 e. The van der Waals surface area contributed by atoms with Crippen LogP contribution in [0.3, 0.4) is 0 Å². The van der Waals surface area contributed by atoms with Crippen LogP contribution in [-0.2, 0) is 4.79 Å². The molecular weight excluding hydrogens is 230 g/mol. The second-order valence-electron chi connectivity index (χ2n) is 4.68. The molecule has 17 heavy (non-hydrogen) atoms. The number of benzene rings is 1. The summed E-state index contributed by atoms with van der Waals surface area (Å²) in [6, 6.07) is 8.56. The highest BCUT2D eigenvalue weighted by Gasteiger charge is 2.24. The van der Waals surface area contributed by atoms with E-state index in [2.05, 4.69) is 30.5 Å². The van der Waals surface area contributed by atoms with Crippen LogP contribution in [0.25, 0.3) is 0 Å². The molecule has 1 fully saturated rings. The van der Waals surface area contributed by atoms with Crippen molar-refractivity contribution in [1.82, 2.24) is 0 Å². The number of carbonyl (C=O) groups excluding carboxylic acids is 1. The molecule has 1 saturated carbocycles. The van der Waals surface area contributed by atoms with E-state index in [9.17, 15) is 4.79 Å². The molecular formula is C14H19NOS. The smallest absolute Gasteiger partial charge is 0.132 e. The van der Waals surface area contributed by atoms with Gasteiger partial charge in [-0.25, -0.2) is 0 Å². The summed E-state index contributed by atoms with van der Waals surface area (Å²) >= 11 is 1.74. The highest BCUT2D eigenvalue weighted by Crippen LogP contribution is 2.32. The molecule has 0 heterocycles. The quantitative estimate of drug-likeness (QED) is 0.837. The molecule has 0 amide bonds. The summed E-state index contributed by atoms with van der Waals surface area (Å²) < 4.78 is 0. The number of Topliss-reactive ketones (excluding diaryl/α,β-unsaturated/α-hetero) is 1. The van der Waals surface area contributed by atoms with Gasteiger partial charge >= 0.3 is 0 Å². The molecule has 0 bridgehead atoms. The van der Waals surface area contributed by atoms with Crippen molar-refractivity contribution in [2.45, 2.75) is 36.6 Å². The Bertz CT molecular complexity index is 378. The van der Waals surface area contributed by atoms with Gasteiger partial charge in [-0.05, 0) is 42.7 Å². The first-order valence-corrected chi connectivity index (χ1v) is 7.34. The van der Waals surface area contributed by atoms with Crippen LogP contribution in [0.1, 0.15) is 37.3 Å². The fraction of sp³-hybridized carbons (Fsp3) is 0.500. The number of rotatable bonds is 3. The van der Waals surface area contributed by atoms with Gasteiger partial charge in [0, 0.05) is 23.8 Å². The molecule has 0 spiro atoms. The fourth-order valence-corrected chi connectivity index (χ4v) is 2.83. The van der Waals surface area contributed by atoms with Crippen molar-refractivity contribution in [2.75, 3.05) is 6.26 Å². The Balaban J connectivity index is 2.03. The van der Waals surface area contributed by atoms with Crippen molar-refractivity contribution in [2.24, 2.45) is 11.7 Å². The Kier molecular flexibility index (Phi) is 4.24. The van der Waals surface area contributed by atoms with Crippen molar-refractivity contribution in [1.29, 1.82) is 0 Å². The van der Waals surface area contributed by atoms with Crippen molar-refractivity contribution in [3.63, 3.8) is 0 Å². The summed E-state index contributed by atoms with van der Waals surface area (Å²) in [6.45, 7) is 0. The van der Waals surface area contributed by atoms with E-state index in [-0.39, 0.29) is 6.04 Å². The molecule has 0 saturated heterocycles. The van der Waals surface area contributed by atoms with Crippen molar-refractivity contribution in [3.8, 4) is 0 Å². The van der Waals surface area contributed by atoms with E-state index in [4.69, 9.17) is 5.73 Å². The first-order valence-electron chi connectivity index (χ1n) is 6.12. The molecule has 0 radical (unpaired) electrons. The first-order chi connectivity index (χ1) is 8.20. The van der Waals surface area contributed by atoms with E-state index in [1.165, 1.54) is 10.5 Å². The minimum atomic E-state index is 0.0824. The third kappa shape index (κ3) is 3.11. The molecule has 1 aliphatic rings. The maximum absolute atomic E-state index is 11.2. The van der Waals surface area contributed by atoms with Gasteiger partial charge in [0.25, 0.3) is 0 Å². The van der Waals surface area contributed by atoms with Gasteiger partial charge in [-0.2, -0.15) is 0 Å². The first kappa shape index (κ1) is 12.7. The van der Waals surface area contributed by atoms with E-state index in [1.807, 2.05) is 0 Å². The zero-order valence-electron chi connectivity index (χ0n) is 10.2. The van der Waals surface area contributed by atoms with Crippen LogP contribution in [0.2, 0.25) is 0 Å². The van der Waals surface area contributed by atoms with Crippen LogP contribution >= 0.6 is 11.8 Å². The zero-order valence-corrected chi connectivity index (χ0v) is 11.0. The average molecular weight is 249 g/mol. The molecule has 1 unspecified atom stereocenters. The van der Waals surface area contributed by atoms with Gasteiger partial charge in [0.1, 0.15) is 5.78 Å². The second-order valence-corrected chi connectivity index (χ2v) is 5.55. The molecule has 2 N–H and O–H groups in total. The molecule has 2 rings (SSSR count). The van der Waals surface area contributed by atoms with Gasteiger partial charge in [0.2, 0.25) is 0 Å². The normalized spacial score (nSPS) is 19.3. The van der Waals surface area contributed by atoms with Gasteiger partial charge in [-0.15, -0.1) is 11.8 Å². The van der Waals surface area contributed by atoms with Crippen LogP contribution in [0.4, 0.5) is 0 Å². The number of thioether (sulfide) groups is 1. The van der Waals surface area contributed by atoms with Gasteiger partial charge < -0.3 is 5.73 Å². The molecule has 1 aromatic rings. The van der Waals surface area contributed by atoms with E-state index < -0.39 is 0 Å². The molecule has 1 aliphatic carbocycles. The molecule has 1 aromatic carbocycles. The standard InChI is InChI=1S/C14H19NOS/c1-17-13-8-4-11(5-9-13)14(15)10-2-6-12(16)7-3-10/h4-5,8-10,14H,2-3,6-7,15H2,1H3. The van der Waals surface area contributed by atoms with Gasteiger partial charge in [0.15, 0.2) is 0 Å². The highest BCUT2D eigenvalue weighted by molar-refractivity contribution is 7.98. The Labute approximate surface area is 107 Å². The predicted molar refractivity (Wildman–Crippen MR) is 72.1 cm³/mol. The summed E-state index contributed by atoms with van der Waals surface area (Å²) in [5.74, 6) is 0.860. The van der Waals surface area contributed by atoms with Gasteiger partial charge in [-0.1, -0.05) is 12.1 Å². The highest BCUT2D eigenvalue weighted by atomic mass is 32.2. The second kappa shape index (κ2) is 5.69. The lowest BCUT2D eigenvalue weighted by Gasteiger charge is -2.27. The minimum Gasteiger partial charge on any atom is -0.324 e. The Morgan fingerprint density at radius 1 is 1.24 bits per heavy atom. The Hall–Kier alpha value is -0.800. The third-order valence-corrected chi connectivity index (χ3v) is 4.34. The fourth-order valence-electron chi connectivity index (χ4n) is 2.42. The van der Waals surface area contributed by atoms with E-state index in [1.54, 1.807) is 11.8 Å².